The van der Waals surface area contributed by atoms with E-state index in [2.05, 4.69) is 15.5 Å². The summed E-state index contributed by atoms with van der Waals surface area (Å²) < 4.78 is 5.55. The number of thioether (sulfide) groups is 1. The van der Waals surface area contributed by atoms with Gasteiger partial charge in [0.05, 0.1) is 11.8 Å². The summed E-state index contributed by atoms with van der Waals surface area (Å²) >= 11 is 7.05. The van der Waals surface area contributed by atoms with Crippen LogP contribution in [0.5, 0.6) is 0 Å². The standard InChI is InChI=1S/C18H17ClN4O2S/c19-13-7-4-8-14(10-13)21-16(24)11-26-18-23-22-17(25-18)15(20)9-12-5-2-1-3-6-12/h1-8,10,15H,9,11,20H2,(H,21,24)/t15-/m0/s1. The number of nitrogens with two attached hydrogens (primary N) is 1. The summed E-state index contributed by atoms with van der Waals surface area (Å²) in [5.74, 6) is 0.305. The van der Waals surface area contributed by atoms with Crippen molar-refractivity contribution >= 4 is 35.0 Å². The molecule has 0 bridgehead atoms. The van der Waals surface area contributed by atoms with Crippen molar-refractivity contribution in [3.8, 4) is 0 Å². The second kappa shape index (κ2) is 8.84. The minimum absolute atomic E-state index is 0.141. The zero-order valence-corrected chi connectivity index (χ0v) is 15.3. The van der Waals surface area contributed by atoms with E-state index in [9.17, 15) is 4.79 Å². The largest absolute Gasteiger partial charge is 0.414 e. The zero-order chi connectivity index (χ0) is 18.4. The number of halogens is 1. The fraction of sp³-hybridized carbons (Fsp3) is 0.167. The van der Waals surface area contributed by atoms with Crippen molar-refractivity contribution in [3.63, 3.8) is 0 Å². The van der Waals surface area contributed by atoms with Crippen molar-refractivity contribution in [2.75, 3.05) is 11.1 Å². The van der Waals surface area contributed by atoms with E-state index in [0.717, 1.165) is 17.3 Å². The van der Waals surface area contributed by atoms with Crippen LogP contribution in [0.3, 0.4) is 0 Å². The highest BCUT2D eigenvalue weighted by Gasteiger charge is 2.16. The second-order valence-corrected chi connectivity index (χ2v) is 6.91. The van der Waals surface area contributed by atoms with Crippen molar-refractivity contribution in [3.05, 3.63) is 71.1 Å². The van der Waals surface area contributed by atoms with E-state index in [-0.39, 0.29) is 17.7 Å². The van der Waals surface area contributed by atoms with Gasteiger partial charge >= 0.3 is 0 Å². The second-order valence-electron chi connectivity index (χ2n) is 5.55. The summed E-state index contributed by atoms with van der Waals surface area (Å²) in [6.45, 7) is 0. The Bertz CT molecular complexity index is 872. The average Bonchev–Trinajstić information content (AvgIpc) is 3.10. The maximum Gasteiger partial charge on any atom is 0.277 e. The Morgan fingerprint density at radius 1 is 1.19 bits per heavy atom. The van der Waals surface area contributed by atoms with Gasteiger partial charge in [-0.1, -0.05) is 59.8 Å². The molecule has 0 saturated carbocycles. The molecule has 8 heteroatoms. The minimum atomic E-state index is -0.389. The molecule has 1 atom stereocenters. The molecule has 3 rings (SSSR count). The molecule has 2 aromatic carbocycles. The number of nitrogens with zero attached hydrogens (tertiary/aromatic N) is 2. The van der Waals surface area contributed by atoms with E-state index in [4.69, 9.17) is 21.8 Å². The molecule has 6 nitrogen and oxygen atoms in total. The van der Waals surface area contributed by atoms with Gasteiger partial charge in [-0.05, 0) is 30.2 Å². The van der Waals surface area contributed by atoms with Crippen LogP contribution in [0.2, 0.25) is 5.02 Å². The number of anilines is 1. The minimum Gasteiger partial charge on any atom is -0.414 e. The SMILES string of the molecule is N[C@@H](Cc1ccccc1)c1nnc(SCC(=O)Nc2cccc(Cl)c2)o1. The van der Waals surface area contributed by atoms with E-state index in [1.165, 1.54) is 0 Å². The quantitative estimate of drug-likeness (QED) is 0.599. The molecule has 3 aromatic rings. The number of hydrogen-bond donors (Lipinski definition) is 2. The lowest BCUT2D eigenvalue weighted by atomic mass is 10.1. The molecular weight excluding hydrogens is 372 g/mol. The maximum absolute atomic E-state index is 12.0. The van der Waals surface area contributed by atoms with Crippen LogP contribution in [-0.2, 0) is 11.2 Å². The molecule has 0 unspecified atom stereocenters. The van der Waals surface area contributed by atoms with E-state index < -0.39 is 0 Å². The van der Waals surface area contributed by atoms with E-state index in [0.29, 0.717) is 28.2 Å². The number of carbonyl (C=O) groups excluding carboxylic acids is 1. The zero-order valence-electron chi connectivity index (χ0n) is 13.8. The topological polar surface area (TPSA) is 94.0 Å². The van der Waals surface area contributed by atoms with Gasteiger partial charge in [0.1, 0.15) is 0 Å². The predicted octanol–water partition coefficient (Wildman–Crippen LogP) is 3.70. The van der Waals surface area contributed by atoms with Crippen LogP contribution in [-0.4, -0.2) is 21.9 Å². The summed E-state index contributed by atoms with van der Waals surface area (Å²) in [6, 6.07) is 16.4. The van der Waals surface area contributed by atoms with Crippen LogP contribution in [0.25, 0.3) is 0 Å². The molecule has 3 N–H and O–H groups in total. The van der Waals surface area contributed by atoms with Gasteiger partial charge in [0, 0.05) is 10.7 Å². The molecule has 1 aromatic heterocycles. The lowest BCUT2D eigenvalue weighted by Gasteiger charge is -2.06. The number of nitrogens with one attached hydrogen (secondary N) is 1. The molecular formula is C18H17ClN4O2S. The van der Waals surface area contributed by atoms with Crippen molar-refractivity contribution in [2.24, 2.45) is 5.73 Å². The smallest absolute Gasteiger partial charge is 0.277 e. The van der Waals surface area contributed by atoms with Crippen LogP contribution < -0.4 is 11.1 Å². The van der Waals surface area contributed by atoms with Gasteiger partial charge in [-0.15, -0.1) is 10.2 Å². The number of carbonyl (C=O) groups is 1. The van der Waals surface area contributed by atoms with E-state index in [1.54, 1.807) is 24.3 Å². The lowest BCUT2D eigenvalue weighted by Crippen LogP contribution is -2.14. The Hall–Kier alpha value is -2.35. The van der Waals surface area contributed by atoms with Crippen LogP contribution in [0.1, 0.15) is 17.5 Å². The number of hydrogen-bond acceptors (Lipinski definition) is 6. The van der Waals surface area contributed by atoms with Gasteiger partial charge in [0.15, 0.2) is 0 Å². The molecule has 0 saturated heterocycles. The van der Waals surface area contributed by atoms with Crippen LogP contribution in [0, 0.1) is 0 Å². The van der Waals surface area contributed by atoms with E-state index >= 15 is 0 Å². The van der Waals surface area contributed by atoms with Crippen LogP contribution in [0.15, 0.2) is 64.2 Å². The Balaban J connectivity index is 1.51. The predicted molar refractivity (Wildman–Crippen MR) is 102 cm³/mol. The lowest BCUT2D eigenvalue weighted by molar-refractivity contribution is -0.113. The molecule has 0 fully saturated rings. The fourth-order valence-electron chi connectivity index (χ4n) is 2.27. The van der Waals surface area contributed by atoms with Gasteiger partial charge in [-0.2, -0.15) is 0 Å². The normalized spacial score (nSPS) is 11.9. The molecule has 134 valence electrons. The molecule has 1 amide bonds. The van der Waals surface area contributed by atoms with Crippen molar-refractivity contribution < 1.29 is 9.21 Å². The average molecular weight is 389 g/mol. The van der Waals surface area contributed by atoms with Crippen LogP contribution >= 0.6 is 23.4 Å². The first-order chi connectivity index (χ1) is 12.6. The van der Waals surface area contributed by atoms with Crippen LogP contribution in [0.4, 0.5) is 5.69 Å². The summed E-state index contributed by atoms with van der Waals surface area (Å²) in [5, 5.41) is 11.5. The first-order valence-electron chi connectivity index (χ1n) is 7.91. The van der Waals surface area contributed by atoms with Gasteiger partial charge < -0.3 is 15.5 Å². The maximum atomic E-state index is 12.0. The Morgan fingerprint density at radius 2 is 2.00 bits per heavy atom. The number of amides is 1. The molecule has 1 heterocycles. The molecule has 0 spiro atoms. The summed E-state index contributed by atoms with van der Waals surface area (Å²) in [4.78, 5) is 12.0. The third-order valence-corrected chi connectivity index (χ3v) is 4.53. The van der Waals surface area contributed by atoms with Gasteiger partial charge in [-0.3, -0.25) is 4.79 Å². The first kappa shape index (κ1) is 18.4. The molecule has 0 aliphatic carbocycles. The third-order valence-electron chi connectivity index (χ3n) is 3.47. The Labute approximate surface area is 160 Å². The fourth-order valence-corrected chi connectivity index (χ4v) is 3.03. The highest BCUT2D eigenvalue weighted by molar-refractivity contribution is 7.99. The summed E-state index contributed by atoms with van der Waals surface area (Å²) in [5.41, 5.74) is 7.84. The number of aromatic nitrogens is 2. The van der Waals surface area contributed by atoms with Gasteiger partial charge in [0.25, 0.3) is 5.22 Å². The Kier molecular flexibility index (Phi) is 6.27. The molecule has 0 aliphatic rings. The molecule has 0 radical (unpaired) electrons. The van der Waals surface area contributed by atoms with Gasteiger partial charge in [-0.25, -0.2) is 0 Å². The molecule has 26 heavy (non-hydrogen) atoms. The van der Waals surface area contributed by atoms with Gasteiger partial charge in [0.2, 0.25) is 11.8 Å². The van der Waals surface area contributed by atoms with Crippen molar-refractivity contribution in [1.29, 1.82) is 0 Å². The molecule has 0 aliphatic heterocycles. The van der Waals surface area contributed by atoms with E-state index in [1.807, 2.05) is 30.3 Å². The first-order valence-corrected chi connectivity index (χ1v) is 9.27. The van der Waals surface area contributed by atoms with Crippen molar-refractivity contribution in [2.45, 2.75) is 17.7 Å². The summed E-state index contributed by atoms with van der Waals surface area (Å²) in [7, 11) is 0. The summed E-state index contributed by atoms with van der Waals surface area (Å²) in [6.07, 6.45) is 0.600. The highest BCUT2D eigenvalue weighted by Crippen LogP contribution is 2.21. The monoisotopic (exact) mass is 388 g/mol. The highest BCUT2D eigenvalue weighted by atomic mass is 35.5. The Morgan fingerprint density at radius 3 is 2.77 bits per heavy atom. The number of rotatable bonds is 7. The van der Waals surface area contributed by atoms with Crippen molar-refractivity contribution in [1.82, 2.24) is 10.2 Å². The number of benzene rings is 2. The third kappa shape index (κ3) is 5.32.